The minimum atomic E-state index is -0.259. The molecule has 0 radical (unpaired) electrons. The molecule has 0 saturated carbocycles. The van der Waals surface area contributed by atoms with Gasteiger partial charge in [-0.2, -0.15) is 0 Å². The standard InChI is InChI=1S/C18H16ClN5O/c1-12-5-6-13(22-17(25)11-19)10-16(12)24-18-21-9-7-15(23-18)14-4-2-3-8-20-14/h2-10H,11H2,1H3,(H,22,25)(H,21,23,24). The van der Waals surface area contributed by atoms with Gasteiger partial charge in [0, 0.05) is 23.8 Å². The zero-order valence-electron chi connectivity index (χ0n) is 13.5. The van der Waals surface area contributed by atoms with Gasteiger partial charge in [-0.15, -0.1) is 11.6 Å². The van der Waals surface area contributed by atoms with Gasteiger partial charge in [0.1, 0.15) is 5.88 Å². The highest BCUT2D eigenvalue weighted by molar-refractivity contribution is 6.29. The summed E-state index contributed by atoms with van der Waals surface area (Å²) >= 11 is 5.52. The van der Waals surface area contributed by atoms with Crippen LogP contribution in [-0.2, 0) is 4.79 Å². The number of amides is 1. The van der Waals surface area contributed by atoms with Gasteiger partial charge in [-0.1, -0.05) is 12.1 Å². The predicted octanol–water partition coefficient (Wildman–Crippen LogP) is 3.77. The van der Waals surface area contributed by atoms with Crippen molar-refractivity contribution in [1.29, 1.82) is 0 Å². The van der Waals surface area contributed by atoms with Crippen molar-refractivity contribution in [3.8, 4) is 11.4 Å². The largest absolute Gasteiger partial charge is 0.325 e. The molecule has 0 saturated heterocycles. The number of aryl methyl sites for hydroxylation is 1. The quantitative estimate of drug-likeness (QED) is 0.682. The Morgan fingerprint density at radius 2 is 1.96 bits per heavy atom. The Bertz CT molecular complexity index is 886. The molecule has 1 aromatic carbocycles. The third kappa shape index (κ3) is 4.30. The van der Waals surface area contributed by atoms with E-state index >= 15 is 0 Å². The zero-order valence-corrected chi connectivity index (χ0v) is 14.3. The minimum absolute atomic E-state index is 0.0914. The Hall–Kier alpha value is -2.99. The maximum Gasteiger partial charge on any atom is 0.239 e. The number of nitrogens with one attached hydrogen (secondary N) is 2. The molecule has 0 unspecified atom stereocenters. The normalized spacial score (nSPS) is 10.3. The molecule has 2 N–H and O–H groups in total. The van der Waals surface area contributed by atoms with E-state index in [9.17, 15) is 4.79 Å². The first-order valence-electron chi connectivity index (χ1n) is 7.63. The van der Waals surface area contributed by atoms with E-state index in [-0.39, 0.29) is 11.8 Å². The lowest BCUT2D eigenvalue weighted by atomic mass is 10.2. The summed E-state index contributed by atoms with van der Waals surface area (Å²) < 4.78 is 0. The molecule has 2 aromatic heterocycles. The second kappa shape index (κ2) is 7.72. The van der Waals surface area contributed by atoms with Crippen molar-refractivity contribution in [3.63, 3.8) is 0 Å². The van der Waals surface area contributed by atoms with E-state index in [2.05, 4.69) is 25.6 Å². The van der Waals surface area contributed by atoms with Gasteiger partial charge >= 0.3 is 0 Å². The van der Waals surface area contributed by atoms with Crippen LogP contribution in [0.25, 0.3) is 11.4 Å². The molecular weight excluding hydrogens is 338 g/mol. The second-order valence-corrected chi connectivity index (χ2v) is 5.58. The Labute approximate surface area is 150 Å². The fraction of sp³-hybridized carbons (Fsp3) is 0.111. The first-order chi connectivity index (χ1) is 12.2. The number of anilines is 3. The van der Waals surface area contributed by atoms with Crippen molar-refractivity contribution in [2.24, 2.45) is 0 Å². The highest BCUT2D eigenvalue weighted by Crippen LogP contribution is 2.24. The van der Waals surface area contributed by atoms with Crippen LogP contribution in [0.3, 0.4) is 0 Å². The molecule has 0 aliphatic carbocycles. The molecule has 25 heavy (non-hydrogen) atoms. The van der Waals surface area contributed by atoms with E-state index in [1.165, 1.54) is 0 Å². The van der Waals surface area contributed by atoms with E-state index in [0.717, 1.165) is 22.6 Å². The summed E-state index contributed by atoms with van der Waals surface area (Å²) in [6, 6.07) is 13.0. The predicted molar refractivity (Wildman–Crippen MR) is 99.1 cm³/mol. The molecule has 3 aromatic rings. The number of hydrogen-bond donors (Lipinski definition) is 2. The number of aromatic nitrogens is 3. The number of alkyl halides is 1. The van der Waals surface area contributed by atoms with E-state index in [0.29, 0.717) is 11.6 Å². The fourth-order valence-corrected chi connectivity index (χ4v) is 2.29. The van der Waals surface area contributed by atoms with Crippen molar-refractivity contribution in [2.45, 2.75) is 6.92 Å². The molecular formula is C18H16ClN5O. The van der Waals surface area contributed by atoms with Crippen molar-refractivity contribution >= 4 is 34.8 Å². The summed E-state index contributed by atoms with van der Waals surface area (Å²) in [6.45, 7) is 1.96. The Morgan fingerprint density at radius 1 is 1.08 bits per heavy atom. The summed E-state index contributed by atoms with van der Waals surface area (Å²) in [4.78, 5) is 24.5. The van der Waals surface area contributed by atoms with Gasteiger partial charge < -0.3 is 10.6 Å². The zero-order chi connectivity index (χ0) is 17.6. The molecule has 7 heteroatoms. The van der Waals surface area contributed by atoms with Crippen LogP contribution < -0.4 is 10.6 Å². The first-order valence-corrected chi connectivity index (χ1v) is 8.17. The van der Waals surface area contributed by atoms with Crippen molar-refractivity contribution in [2.75, 3.05) is 16.5 Å². The van der Waals surface area contributed by atoms with E-state index < -0.39 is 0 Å². The molecule has 6 nitrogen and oxygen atoms in total. The summed E-state index contributed by atoms with van der Waals surface area (Å²) in [5, 5.41) is 5.90. The molecule has 0 atom stereocenters. The number of halogens is 1. The van der Waals surface area contributed by atoms with Crippen molar-refractivity contribution < 1.29 is 4.79 Å². The van der Waals surface area contributed by atoms with Crippen molar-refractivity contribution in [1.82, 2.24) is 15.0 Å². The number of carbonyl (C=O) groups excluding carboxylic acids is 1. The Kier molecular flexibility index (Phi) is 5.20. The lowest BCUT2D eigenvalue weighted by Gasteiger charge is -2.11. The summed E-state index contributed by atoms with van der Waals surface area (Å²) in [5.74, 6) is 0.100. The van der Waals surface area contributed by atoms with Crippen LogP contribution in [0.15, 0.2) is 54.9 Å². The third-order valence-electron chi connectivity index (χ3n) is 3.47. The molecule has 1 amide bonds. The highest BCUT2D eigenvalue weighted by atomic mass is 35.5. The highest BCUT2D eigenvalue weighted by Gasteiger charge is 2.07. The minimum Gasteiger partial charge on any atom is -0.325 e. The van der Waals surface area contributed by atoms with Gasteiger partial charge in [-0.05, 0) is 42.8 Å². The molecule has 2 heterocycles. The van der Waals surface area contributed by atoms with Crippen LogP contribution in [0.2, 0.25) is 0 Å². The first kappa shape index (κ1) is 16.9. The molecule has 3 rings (SSSR count). The van der Waals surface area contributed by atoms with E-state index in [1.54, 1.807) is 18.5 Å². The topological polar surface area (TPSA) is 79.8 Å². The molecule has 0 bridgehead atoms. The van der Waals surface area contributed by atoms with Crippen LogP contribution in [0.5, 0.6) is 0 Å². The third-order valence-corrected chi connectivity index (χ3v) is 3.71. The van der Waals surface area contributed by atoms with Crippen LogP contribution in [-0.4, -0.2) is 26.7 Å². The molecule has 0 fully saturated rings. The average molecular weight is 354 g/mol. The van der Waals surface area contributed by atoms with Crippen LogP contribution in [0.1, 0.15) is 5.56 Å². The fourth-order valence-electron chi connectivity index (χ4n) is 2.23. The lowest BCUT2D eigenvalue weighted by molar-refractivity contribution is -0.113. The van der Waals surface area contributed by atoms with Gasteiger partial charge in [-0.3, -0.25) is 9.78 Å². The second-order valence-electron chi connectivity index (χ2n) is 5.32. The summed E-state index contributed by atoms with van der Waals surface area (Å²) in [7, 11) is 0. The molecule has 0 aliphatic rings. The van der Waals surface area contributed by atoms with Gasteiger partial charge in [0.15, 0.2) is 0 Å². The van der Waals surface area contributed by atoms with Crippen molar-refractivity contribution in [3.05, 3.63) is 60.4 Å². The molecule has 126 valence electrons. The smallest absolute Gasteiger partial charge is 0.239 e. The Balaban J connectivity index is 1.85. The number of rotatable bonds is 5. The number of nitrogens with zero attached hydrogens (tertiary/aromatic N) is 3. The van der Waals surface area contributed by atoms with Crippen LogP contribution in [0.4, 0.5) is 17.3 Å². The molecule has 0 spiro atoms. The molecule has 0 aliphatic heterocycles. The summed E-state index contributed by atoms with van der Waals surface area (Å²) in [5.41, 5.74) is 3.94. The van der Waals surface area contributed by atoms with E-state index in [1.807, 2.05) is 43.3 Å². The Morgan fingerprint density at radius 3 is 2.72 bits per heavy atom. The lowest BCUT2D eigenvalue weighted by Crippen LogP contribution is -2.12. The monoisotopic (exact) mass is 353 g/mol. The van der Waals surface area contributed by atoms with Gasteiger partial charge in [0.25, 0.3) is 0 Å². The average Bonchev–Trinajstić information content (AvgIpc) is 2.65. The maximum atomic E-state index is 11.4. The van der Waals surface area contributed by atoms with Gasteiger partial charge in [0.05, 0.1) is 11.4 Å². The van der Waals surface area contributed by atoms with Crippen LogP contribution >= 0.6 is 11.6 Å². The number of pyridine rings is 1. The van der Waals surface area contributed by atoms with Gasteiger partial charge in [0.2, 0.25) is 11.9 Å². The maximum absolute atomic E-state index is 11.4. The van der Waals surface area contributed by atoms with Gasteiger partial charge in [-0.25, -0.2) is 9.97 Å². The van der Waals surface area contributed by atoms with E-state index in [4.69, 9.17) is 11.6 Å². The van der Waals surface area contributed by atoms with Crippen LogP contribution in [0, 0.1) is 6.92 Å². The SMILES string of the molecule is Cc1ccc(NC(=O)CCl)cc1Nc1nccc(-c2ccccn2)n1. The number of benzene rings is 1. The summed E-state index contributed by atoms with van der Waals surface area (Å²) in [6.07, 6.45) is 3.39. The number of carbonyl (C=O) groups is 1. The number of hydrogen-bond acceptors (Lipinski definition) is 5.